The van der Waals surface area contributed by atoms with E-state index in [2.05, 4.69) is 53.7 Å². The molecular weight excluding hydrogens is 294 g/mol. The summed E-state index contributed by atoms with van der Waals surface area (Å²) < 4.78 is 1.06. The first kappa shape index (κ1) is 15.2. The molecule has 1 N–H and O–H groups in total. The molecule has 0 aromatic heterocycles. The van der Waals surface area contributed by atoms with Crippen molar-refractivity contribution >= 4 is 21.9 Å². The lowest BCUT2D eigenvalue weighted by atomic mass is 10.1. The van der Waals surface area contributed by atoms with Gasteiger partial charge in [0.1, 0.15) is 0 Å². The number of nitrogens with zero attached hydrogens (tertiary/aromatic N) is 1. The van der Waals surface area contributed by atoms with Crippen molar-refractivity contribution in [3.8, 4) is 0 Å². The molecule has 0 fully saturated rings. The molecule has 1 unspecified atom stereocenters. The molecule has 0 saturated carbocycles. The number of carboxylic acid groups (broad SMARTS) is 1. The van der Waals surface area contributed by atoms with Crippen LogP contribution in [0.5, 0.6) is 0 Å². The maximum atomic E-state index is 10.7. The van der Waals surface area contributed by atoms with Crippen LogP contribution in [0.3, 0.4) is 0 Å². The maximum Gasteiger partial charge on any atom is 0.304 e. The Kier molecular flexibility index (Phi) is 5.82. The number of carboxylic acids is 1. The maximum absolute atomic E-state index is 10.7. The van der Waals surface area contributed by atoms with Gasteiger partial charge in [-0.15, -0.1) is 0 Å². The van der Waals surface area contributed by atoms with Crippen molar-refractivity contribution in [1.29, 1.82) is 0 Å². The molecule has 1 rings (SSSR count). The molecule has 0 amide bonds. The number of rotatable bonds is 6. The van der Waals surface area contributed by atoms with Crippen LogP contribution < -0.4 is 0 Å². The fourth-order valence-corrected chi connectivity index (χ4v) is 2.32. The zero-order valence-electron chi connectivity index (χ0n) is 11.1. The summed E-state index contributed by atoms with van der Waals surface area (Å²) in [5.74, 6) is -0.747. The predicted molar refractivity (Wildman–Crippen MR) is 76.7 cm³/mol. The van der Waals surface area contributed by atoms with Crippen LogP contribution >= 0.6 is 15.9 Å². The van der Waals surface area contributed by atoms with Gasteiger partial charge in [-0.1, -0.05) is 28.1 Å². The van der Waals surface area contributed by atoms with E-state index in [4.69, 9.17) is 5.11 Å². The van der Waals surface area contributed by atoms with Crippen LogP contribution in [-0.4, -0.2) is 28.6 Å². The van der Waals surface area contributed by atoms with E-state index in [-0.39, 0.29) is 12.5 Å². The summed E-state index contributed by atoms with van der Waals surface area (Å²) in [5, 5.41) is 8.80. The molecule has 0 saturated heterocycles. The van der Waals surface area contributed by atoms with Crippen molar-refractivity contribution in [1.82, 2.24) is 4.90 Å². The van der Waals surface area contributed by atoms with Crippen LogP contribution in [0.25, 0.3) is 0 Å². The van der Waals surface area contributed by atoms with Crippen LogP contribution in [0.15, 0.2) is 28.7 Å². The average Bonchev–Trinajstić information content (AvgIpc) is 2.29. The van der Waals surface area contributed by atoms with Crippen molar-refractivity contribution in [3.05, 3.63) is 34.3 Å². The van der Waals surface area contributed by atoms with Gasteiger partial charge in [-0.25, -0.2) is 0 Å². The van der Waals surface area contributed by atoms with Crippen LogP contribution in [0.4, 0.5) is 0 Å². The predicted octanol–water partition coefficient (Wildman–Crippen LogP) is 3.70. The third-order valence-electron chi connectivity index (χ3n) is 3.10. The van der Waals surface area contributed by atoms with Gasteiger partial charge < -0.3 is 5.11 Å². The van der Waals surface area contributed by atoms with Gasteiger partial charge in [0.25, 0.3) is 0 Å². The summed E-state index contributed by atoms with van der Waals surface area (Å²) in [5.41, 5.74) is 1.21. The fourth-order valence-electron chi connectivity index (χ4n) is 2.06. The minimum atomic E-state index is -0.747. The molecule has 0 radical (unpaired) electrons. The lowest BCUT2D eigenvalue weighted by molar-refractivity contribution is -0.137. The Hall–Kier alpha value is -0.870. The first-order chi connectivity index (χ1) is 8.41. The smallest absolute Gasteiger partial charge is 0.304 e. The van der Waals surface area contributed by atoms with Gasteiger partial charge in [-0.2, -0.15) is 0 Å². The van der Waals surface area contributed by atoms with Crippen LogP contribution in [-0.2, 0) is 4.79 Å². The number of carbonyl (C=O) groups is 1. The van der Waals surface area contributed by atoms with Gasteiger partial charge >= 0.3 is 5.97 Å². The molecule has 4 heteroatoms. The minimum absolute atomic E-state index is 0.180. The summed E-state index contributed by atoms with van der Waals surface area (Å²) >= 11 is 3.42. The van der Waals surface area contributed by atoms with Crippen molar-refractivity contribution in [3.63, 3.8) is 0 Å². The molecule has 1 atom stereocenters. The molecule has 18 heavy (non-hydrogen) atoms. The molecule has 0 aliphatic heterocycles. The van der Waals surface area contributed by atoms with E-state index >= 15 is 0 Å². The monoisotopic (exact) mass is 313 g/mol. The molecule has 0 bridgehead atoms. The van der Waals surface area contributed by atoms with E-state index in [9.17, 15) is 4.79 Å². The Labute approximate surface area is 117 Å². The van der Waals surface area contributed by atoms with Gasteiger partial charge in [0.2, 0.25) is 0 Å². The summed E-state index contributed by atoms with van der Waals surface area (Å²) in [6.45, 7) is 6.88. The average molecular weight is 314 g/mol. The molecule has 1 aromatic rings. The summed E-state index contributed by atoms with van der Waals surface area (Å²) in [6, 6.07) is 8.72. The Morgan fingerprint density at radius 3 is 2.28 bits per heavy atom. The van der Waals surface area contributed by atoms with E-state index in [1.807, 2.05) is 12.1 Å². The van der Waals surface area contributed by atoms with E-state index in [1.165, 1.54) is 5.56 Å². The summed E-state index contributed by atoms with van der Waals surface area (Å²) in [6.07, 6.45) is 0.180. The molecular formula is C14H20BrNO2. The molecule has 0 aliphatic rings. The topological polar surface area (TPSA) is 40.5 Å². The van der Waals surface area contributed by atoms with Gasteiger partial charge in [0.15, 0.2) is 0 Å². The molecule has 0 spiro atoms. The third kappa shape index (κ3) is 4.42. The second-order valence-corrected chi connectivity index (χ2v) is 5.62. The Balaban J connectivity index is 2.78. The highest BCUT2D eigenvalue weighted by molar-refractivity contribution is 9.10. The molecule has 0 aliphatic carbocycles. The van der Waals surface area contributed by atoms with Crippen molar-refractivity contribution in [2.24, 2.45) is 0 Å². The van der Waals surface area contributed by atoms with Gasteiger partial charge in [-0.3, -0.25) is 9.69 Å². The number of hydrogen-bond donors (Lipinski definition) is 1. The zero-order chi connectivity index (χ0) is 13.7. The number of aliphatic carboxylic acids is 1. The lowest BCUT2D eigenvalue weighted by Gasteiger charge is -2.32. The van der Waals surface area contributed by atoms with E-state index in [0.717, 1.165) is 4.47 Å². The molecule has 100 valence electrons. The second-order valence-electron chi connectivity index (χ2n) is 4.70. The summed E-state index contributed by atoms with van der Waals surface area (Å²) in [7, 11) is 0. The highest BCUT2D eigenvalue weighted by Gasteiger charge is 2.19. The lowest BCUT2D eigenvalue weighted by Crippen LogP contribution is -2.35. The molecule has 1 aromatic carbocycles. The van der Waals surface area contributed by atoms with Gasteiger partial charge in [-0.05, 0) is 38.5 Å². The van der Waals surface area contributed by atoms with Crippen LogP contribution in [0, 0.1) is 0 Å². The summed E-state index contributed by atoms with van der Waals surface area (Å²) in [4.78, 5) is 12.9. The first-order valence-corrected chi connectivity index (χ1v) is 6.94. The fraction of sp³-hybridized carbons (Fsp3) is 0.500. The first-order valence-electron chi connectivity index (χ1n) is 6.14. The van der Waals surface area contributed by atoms with E-state index < -0.39 is 5.97 Å². The zero-order valence-corrected chi connectivity index (χ0v) is 12.6. The SMILES string of the molecule is CC(C)N(CCC(=O)O)C(C)c1ccc(Br)cc1. The largest absolute Gasteiger partial charge is 0.481 e. The standard InChI is InChI=1S/C14H20BrNO2/c1-10(2)16(9-8-14(17)18)11(3)12-4-6-13(15)7-5-12/h4-7,10-11H,8-9H2,1-3H3,(H,17,18). The van der Waals surface area contributed by atoms with Crippen molar-refractivity contribution in [2.45, 2.75) is 39.3 Å². The Morgan fingerprint density at radius 1 is 1.28 bits per heavy atom. The van der Waals surface area contributed by atoms with Gasteiger partial charge in [0, 0.05) is 23.1 Å². The Bertz CT molecular complexity index is 389. The second kappa shape index (κ2) is 6.90. The Morgan fingerprint density at radius 2 is 1.83 bits per heavy atom. The molecule has 0 heterocycles. The number of halogens is 1. The number of hydrogen-bond acceptors (Lipinski definition) is 2. The van der Waals surface area contributed by atoms with Crippen molar-refractivity contribution < 1.29 is 9.90 Å². The minimum Gasteiger partial charge on any atom is -0.481 e. The van der Waals surface area contributed by atoms with Gasteiger partial charge in [0.05, 0.1) is 6.42 Å². The normalized spacial score (nSPS) is 13.0. The molecule has 3 nitrogen and oxygen atoms in total. The van der Waals surface area contributed by atoms with E-state index in [0.29, 0.717) is 12.6 Å². The van der Waals surface area contributed by atoms with Crippen LogP contribution in [0.1, 0.15) is 38.8 Å². The highest BCUT2D eigenvalue weighted by atomic mass is 79.9. The third-order valence-corrected chi connectivity index (χ3v) is 3.63. The number of benzene rings is 1. The van der Waals surface area contributed by atoms with Crippen LogP contribution in [0.2, 0.25) is 0 Å². The highest BCUT2D eigenvalue weighted by Crippen LogP contribution is 2.24. The van der Waals surface area contributed by atoms with Crippen molar-refractivity contribution in [2.75, 3.05) is 6.54 Å². The van der Waals surface area contributed by atoms with E-state index in [1.54, 1.807) is 0 Å². The quantitative estimate of drug-likeness (QED) is 0.870.